The molecule has 96 valence electrons. The Morgan fingerprint density at radius 3 is 2.79 bits per heavy atom. The molecule has 1 saturated carbocycles. The van der Waals surface area contributed by atoms with E-state index in [1.165, 1.54) is 23.4 Å². The second-order valence-corrected chi connectivity index (χ2v) is 6.60. The first kappa shape index (κ1) is 12.7. The highest BCUT2D eigenvalue weighted by Crippen LogP contribution is 2.37. The van der Waals surface area contributed by atoms with Gasteiger partial charge in [0.05, 0.1) is 23.9 Å². The summed E-state index contributed by atoms with van der Waals surface area (Å²) in [5.74, 6) is 0. The fourth-order valence-electron chi connectivity index (χ4n) is 2.18. The molecule has 2 aromatic rings. The highest BCUT2D eigenvalue weighted by atomic mass is 79.9. The van der Waals surface area contributed by atoms with Crippen molar-refractivity contribution in [3.63, 3.8) is 0 Å². The Kier molecular flexibility index (Phi) is 3.58. The summed E-state index contributed by atoms with van der Waals surface area (Å²) in [5.41, 5.74) is 1.89. The van der Waals surface area contributed by atoms with Crippen LogP contribution in [0.1, 0.15) is 23.3 Å². The van der Waals surface area contributed by atoms with E-state index in [2.05, 4.69) is 50.5 Å². The summed E-state index contributed by atoms with van der Waals surface area (Å²) in [6.07, 6.45) is 2.52. The van der Waals surface area contributed by atoms with Crippen LogP contribution in [0, 0.1) is 11.3 Å². The minimum atomic E-state index is 0.645. The van der Waals surface area contributed by atoms with Crippen LogP contribution in [0.25, 0.3) is 0 Å². The number of rotatable bonds is 4. The van der Waals surface area contributed by atoms with Gasteiger partial charge in [0.2, 0.25) is 0 Å². The predicted octanol–water partition coefficient (Wildman–Crippen LogP) is 4.55. The Balaban J connectivity index is 1.90. The third-order valence-electron chi connectivity index (χ3n) is 3.28. The molecular formula is C15H13BrN2S. The van der Waals surface area contributed by atoms with Gasteiger partial charge in [-0.15, -0.1) is 11.3 Å². The molecular weight excluding hydrogens is 320 g/mol. The molecule has 2 nitrogen and oxygen atoms in total. The normalized spacial score (nSPS) is 14.1. The zero-order valence-corrected chi connectivity index (χ0v) is 12.7. The minimum absolute atomic E-state index is 0.645. The molecule has 0 N–H and O–H groups in total. The number of nitrogens with zero attached hydrogens (tertiary/aromatic N) is 2. The van der Waals surface area contributed by atoms with E-state index >= 15 is 0 Å². The molecule has 0 aliphatic heterocycles. The average Bonchev–Trinajstić information content (AvgIpc) is 3.14. The van der Waals surface area contributed by atoms with Crippen molar-refractivity contribution in [3.05, 3.63) is 50.6 Å². The summed E-state index contributed by atoms with van der Waals surface area (Å²) >= 11 is 5.39. The smallest absolute Gasteiger partial charge is 0.0992 e. The topological polar surface area (TPSA) is 27.0 Å². The van der Waals surface area contributed by atoms with Gasteiger partial charge in [0, 0.05) is 15.4 Å². The molecule has 1 fully saturated rings. The van der Waals surface area contributed by atoms with Crippen molar-refractivity contribution in [1.29, 1.82) is 5.26 Å². The summed E-state index contributed by atoms with van der Waals surface area (Å²) in [7, 11) is 0. The number of halogens is 1. The lowest BCUT2D eigenvalue weighted by atomic mass is 10.2. The number of thiophene rings is 1. The van der Waals surface area contributed by atoms with Crippen molar-refractivity contribution in [2.75, 3.05) is 4.90 Å². The van der Waals surface area contributed by atoms with E-state index in [9.17, 15) is 0 Å². The van der Waals surface area contributed by atoms with Gasteiger partial charge in [-0.3, -0.25) is 0 Å². The van der Waals surface area contributed by atoms with E-state index in [1.54, 1.807) is 11.3 Å². The lowest BCUT2D eigenvalue weighted by Gasteiger charge is -2.25. The van der Waals surface area contributed by atoms with E-state index in [1.807, 2.05) is 12.1 Å². The van der Waals surface area contributed by atoms with E-state index in [0.29, 0.717) is 11.6 Å². The fraction of sp³-hybridized carbons (Fsp3) is 0.267. The second kappa shape index (κ2) is 5.36. The Morgan fingerprint density at radius 1 is 1.37 bits per heavy atom. The number of anilines is 1. The van der Waals surface area contributed by atoms with Crippen LogP contribution in [-0.4, -0.2) is 6.04 Å². The van der Waals surface area contributed by atoms with Crippen LogP contribution in [0.2, 0.25) is 0 Å². The van der Waals surface area contributed by atoms with Crippen molar-refractivity contribution in [1.82, 2.24) is 0 Å². The summed E-state index contributed by atoms with van der Waals surface area (Å²) in [6, 6.07) is 12.9. The first-order chi connectivity index (χ1) is 9.28. The van der Waals surface area contributed by atoms with Gasteiger partial charge in [-0.1, -0.05) is 6.07 Å². The molecule has 1 aromatic heterocycles. The SMILES string of the molecule is N#Cc1ccc(N(Cc2cccs2)C2CC2)c(Br)c1. The number of hydrogen-bond donors (Lipinski definition) is 0. The van der Waals surface area contributed by atoms with Crippen LogP contribution in [0.4, 0.5) is 5.69 Å². The van der Waals surface area contributed by atoms with Gasteiger partial charge in [0.15, 0.2) is 0 Å². The second-order valence-electron chi connectivity index (χ2n) is 4.72. The van der Waals surface area contributed by atoms with Crippen molar-refractivity contribution in [2.45, 2.75) is 25.4 Å². The Hall–Kier alpha value is -1.31. The Labute approximate surface area is 125 Å². The summed E-state index contributed by atoms with van der Waals surface area (Å²) in [6.45, 7) is 0.951. The molecule has 1 aliphatic rings. The van der Waals surface area contributed by atoms with Gasteiger partial charge in [0.25, 0.3) is 0 Å². The molecule has 4 heteroatoms. The van der Waals surface area contributed by atoms with Crippen LogP contribution < -0.4 is 4.90 Å². The summed E-state index contributed by atoms with van der Waals surface area (Å²) < 4.78 is 1.01. The molecule has 0 spiro atoms. The summed E-state index contributed by atoms with van der Waals surface area (Å²) in [5, 5.41) is 11.1. The third kappa shape index (κ3) is 2.83. The monoisotopic (exact) mass is 332 g/mol. The molecule has 0 atom stereocenters. The van der Waals surface area contributed by atoms with Gasteiger partial charge in [-0.2, -0.15) is 5.26 Å². The zero-order valence-electron chi connectivity index (χ0n) is 10.3. The van der Waals surface area contributed by atoms with Gasteiger partial charge in [-0.05, 0) is 58.4 Å². The molecule has 0 bridgehead atoms. The van der Waals surface area contributed by atoms with Crippen molar-refractivity contribution < 1.29 is 0 Å². The maximum atomic E-state index is 8.94. The standard InChI is InChI=1S/C15H13BrN2S/c16-14-8-11(9-17)3-6-15(14)18(12-4-5-12)10-13-2-1-7-19-13/h1-3,6-8,12H,4-5,10H2. The first-order valence-corrected chi connectivity index (χ1v) is 7.94. The molecule has 1 aromatic carbocycles. The maximum absolute atomic E-state index is 8.94. The molecule has 0 radical (unpaired) electrons. The molecule has 3 rings (SSSR count). The fourth-order valence-corrected chi connectivity index (χ4v) is 3.49. The van der Waals surface area contributed by atoms with Gasteiger partial charge < -0.3 is 4.90 Å². The van der Waals surface area contributed by atoms with Gasteiger partial charge in [0.1, 0.15) is 0 Å². The number of nitriles is 1. The first-order valence-electron chi connectivity index (χ1n) is 6.26. The van der Waals surface area contributed by atoms with E-state index in [-0.39, 0.29) is 0 Å². The van der Waals surface area contributed by atoms with Crippen LogP contribution in [0.15, 0.2) is 40.2 Å². The molecule has 1 heterocycles. The summed E-state index contributed by atoms with van der Waals surface area (Å²) in [4.78, 5) is 3.82. The van der Waals surface area contributed by atoms with Crippen LogP contribution >= 0.6 is 27.3 Å². The maximum Gasteiger partial charge on any atom is 0.0992 e. The highest BCUT2D eigenvalue weighted by molar-refractivity contribution is 9.10. The predicted molar refractivity (Wildman–Crippen MR) is 82.4 cm³/mol. The quantitative estimate of drug-likeness (QED) is 0.821. The molecule has 1 aliphatic carbocycles. The number of benzene rings is 1. The molecule has 19 heavy (non-hydrogen) atoms. The van der Waals surface area contributed by atoms with Crippen molar-refractivity contribution in [3.8, 4) is 6.07 Å². The van der Waals surface area contributed by atoms with Crippen LogP contribution in [-0.2, 0) is 6.54 Å². The van der Waals surface area contributed by atoms with Gasteiger partial charge >= 0.3 is 0 Å². The minimum Gasteiger partial charge on any atom is -0.362 e. The zero-order chi connectivity index (χ0) is 13.2. The van der Waals surface area contributed by atoms with Crippen molar-refractivity contribution in [2.24, 2.45) is 0 Å². The van der Waals surface area contributed by atoms with Crippen LogP contribution in [0.3, 0.4) is 0 Å². The van der Waals surface area contributed by atoms with E-state index in [4.69, 9.17) is 5.26 Å². The lowest BCUT2D eigenvalue weighted by molar-refractivity contribution is 0.801. The molecule has 0 saturated heterocycles. The van der Waals surface area contributed by atoms with Crippen LogP contribution in [0.5, 0.6) is 0 Å². The van der Waals surface area contributed by atoms with Crippen molar-refractivity contribution >= 4 is 33.0 Å². The average molecular weight is 333 g/mol. The third-order valence-corrected chi connectivity index (χ3v) is 4.78. The highest BCUT2D eigenvalue weighted by Gasteiger charge is 2.30. The van der Waals surface area contributed by atoms with E-state index < -0.39 is 0 Å². The molecule has 0 amide bonds. The van der Waals surface area contributed by atoms with Gasteiger partial charge in [-0.25, -0.2) is 0 Å². The van der Waals surface area contributed by atoms with E-state index in [0.717, 1.165) is 11.0 Å². The largest absolute Gasteiger partial charge is 0.362 e. The Bertz CT molecular complexity index is 612. The number of hydrogen-bond acceptors (Lipinski definition) is 3. The Morgan fingerprint density at radius 2 is 2.21 bits per heavy atom. The molecule has 0 unspecified atom stereocenters. The lowest BCUT2D eigenvalue weighted by Crippen LogP contribution is -2.24.